The number of nitrogen functional groups attached to an aromatic ring is 1. The predicted molar refractivity (Wildman–Crippen MR) is 173 cm³/mol. The SMILES string of the molecule is CC(C)(COP(=O)(O)OP(=O)(O)OCC1OC(n2cnc3c(N)ncnc32)C(O)C1OP(=O)(O)O)C(O)C(=O)NCCC(=O)NCCSC(=O)C=O. The number of fused-ring (bicyclic) bond motifs is 1. The number of thioether (sulfide) groups is 1. The Kier molecular flexibility index (Phi) is 15.1. The van der Waals surface area contributed by atoms with Gasteiger partial charge in [0.2, 0.25) is 11.8 Å². The minimum Gasteiger partial charge on any atom is -0.386 e. The van der Waals surface area contributed by atoms with E-state index in [1.165, 1.54) is 13.8 Å². The number of amides is 2. The van der Waals surface area contributed by atoms with Gasteiger partial charge in [-0.15, -0.1) is 0 Å². The maximum absolute atomic E-state index is 12.6. The van der Waals surface area contributed by atoms with Crippen molar-refractivity contribution in [3.63, 3.8) is 0 Å². The number of carbonyl (C=O) groups excluding carboxylic acids is 4. The molecule has 25 nitrogen and oxygen atoms in total. The Morgan fingerprint density at radius 3 is 2.42 bits per heavy atom. The van der Waals surface area contributed by atoms with Gasteiger partial charge in [0, 0.05) is 30.7 Å². The number of carbonyl (C=O) groups is 4. The van der Waals surface area contributed by atoms with Crippen LogP contribution in [-0.4, -0.2) is 129 Å². The summed E-state index contributed by atoms with van der Waals surface area (Å²) in [6, 6.07) is 0. The number of hydrogen-bond acceptors (Lipinski definition) is 19. The summed E-state index contributed by atoms with van der Waals surface area (Å²) in [7, 11) is -16.4. The third kappa shape index (κ3) is 12.7. The highest BCUT2D eigenvalue weighted by Crippen LogP contribution is 2.61. The number of ether oxygens (including phenoxy) is 1. The molecule has 0 spiro atoms. The molecule has 2 amide bonds. The predicted octanol–water partition coefficient (Wildman–Crippen LogP) is -2.14. The van der Waals surface area contributed by atoms with Crippen LogP contribution in [0.3, 0.4) is 0 Å². The number of hydrogen-bond donors (Lipinski definition) is 9. The van der Waals surface area contributed by atoms with Crippen molar-refractivity contribution in [2.75, 3.05) is 37.8 Å². The van der Waals surface area contributed by atoms with Crippen LogP contribution in [0.2, 0.25) is 0 Å². The van der Waals surface area contributed by atoms with Crippen LogP contribution in [0.5, 0.6) is 0 Å². The van der Waals surface area contributed by atoms with Crippen molar-refractivity contribution in [2.45, 2.75) is 50.9 Å². The molecule has 0 aromatic carbocycles. The number of aromatic nitrogens is 4. The van der Waals surface area contributed by atoms with Crippen LogP contribution in [-0.2, 0) is 55.5 Å². The fourth-order valence-electron chi connectivity index (χ4n) is 4.32. The summed E-state index contributed by atoms with van der Waals surface area (Å²) < 4.78 is 61.8. The van der Waals surface area contributed by atoms with Gasteiger partial charge in [-0.05, 0) is 0 Å². The number of nitrogens with two attached hydrogens (primary N) is 1. The number of imidazole rings is 1. The number of phosphoric ester groups is 3. The first-order chi connectivity index (χ1) is 24.1. The van der Waals surface area contributed by atoms with Crippen LogP contribution in [0.1, 0.15) is 26.5 Å². The van der Waals surface area contributed by atoms with Crippen LogP contribution in [0.25, 0.3) is 11.2 Å². The zero-order chi connectivity index (χ0) is 39.1. The summed E-state index contributed by atoms with van der Waals surface area (Å²) in [5, 5.41) is 25.3. The van der Waals surface area contributed by atoms with Gasteiger partial charge in [0.1, 0.15) is 36.3 Å². The van der Waals surface area contributed by atoms with Crippen LogP contribution in [0.4, 0.5) is 5.82 Å². The fraction of sp³-hybridized carbons (Fsp3) is 0.609. The van der Waals surface area contributed by atoms with E-state index >= 15 is 0 Å². The molecule has 2 aromatic rings. The highest BCUT2D eigenvalue weighted by atomic mass is 32.2. The zero-order valence-electron chi connectivity index (χ0n) is 27.1. The molecule has 10 N–H and O–H groups in total. The molecular weight excluding hydrogens is 787 g/mol. The van der Waals surface area contributed by atoms with Gasteiger partial charge >= 0.3 is 23.5 Å². The quantitative estimate of drug-likeness (QED) is 0.0298. The maximum atomic E-state index is 12.6. The second kappa shape index (κ2) is 18.0. The molecule has 29 heteroatoms. The van der Waals surface area contributed by atoms with E-state index in [-0.39, 0.29) is 48.5 Å². The molecule has 0 saturated carbocycles. The smallest absolute Gasteiger partial charge is 0.386 e. The molecule has 7 atom stereocenters. The van der Waals surface area contributed by atoms with Gasteiger partial charge in [-0.25, -0.2) is 28.6 Å². The van der Waals surface area contributed by atoms with Crippen molar-refractivity contribution < 1.29 is 85.3 Å². The second-order valence-corrected chi connectivity index (χ2v) is 16.7. The first kappa shape index (κ1) is 43.6. The van der Waals surface area contributed by atoms with Gasteiger partial charge in [-0.2, -0.15) is 4.31 Å². The van der Waals surface area contributed by atoms with Crippen molar-refractivity contribution in [2.24, 2.45) is 5.41 Å². The number of aldehydes is 1. The Morgan fingerprint density at radius 1 is 1.10 bits per heavy atom. The standard InChI is InChI=1S/C23H36N7O18P3S/c1-23(2,18(35)21(36)26-4-3-13(32)25-5-6-52-14(33)7-31)9-45-51(42,43)48-50(40,41)44-8-12-17(47-49(37,38)39)16(34)22(46-12)30-11-29-15-19(24)27-10-28-20(15)30/h7,10-12,16-18,22,34-35H,3-6,8-9H2,1-2H3,(H,25,32)(H,26,36)(H,40,41)(H,42,43)(H2,24,27,28)(H2,37,38,39). The number of phosphoric acid groups is 3. The van der Waals surface area contributed by atoms with Gasteiger partial charge in [-0.1, -0.05) is 25.6 Å². The molecule has 2 aromatic heterocycles. The van der Waals surface area contributed by atoms with Gasteiger partial charge in [-0.3, -0.25) is 37.3 Å². The first-order valence-corrected chi connectivity index (χ1v) is 20.1. The van der Waals surface area contributed by atoms with E-state index in [1.54, 1.807) is 0 Å². The molecule has 0 aliphatic carbocycles. The van der Waals surface area contributed by atoms with Gasteiger partial charge in [0.25, 0.3) is 5.12 Å². The molecule has 3 rings (SSSR count). The lowest BCUT2D eigenvalue weighted by Crippen LogP contribution is -2.46. The highest BCUT2D eigenvalue weighted by molar-refractivity contribution is 8.15. The van der Waals surface area contributed by atoms with Crippen molar-refractivity contribution in [1.82, 2.24) is 30.2 Å². The monoisotopic (exact) mass is 823 g/mol. The van der Waals surface area contributed by atoms with Crippen molar-refractivity contribution in [3.8, 4) is 0 Å². The lowest BCUT2D eigenvalue weighted by molar-refractivity contribution is -0.137. The molecule has 7 unspecified atom stereocenters. The normalized spacial score (nSPS) is 22.3. The number of rotatable bonds is 20. The third-order valence-electron chi connectivity index (χ3n) is 6.84. The number of anilines is 1. The molecule has 292 valence electrons. The van der Waals surface area contributed by atoms with Crippen LogP contribution in [0, 0.1) is 5.41 Å². The molecule has 0 bridgehead atoms. The molecular formula is C23H36N7O18P3S. The Balaban J connectivity index is 1.54. The van der Waals surface area contributed by atoms with Crippen molar-refractivity contribution in [3.05, 3.63) is 12.7 Å². The molecule has 0 radical (unpaired) electrons. The Bertz CT molecular complexity index is 1760. The van der Waals surface area contributed by atoms with Crippen LogP contribution >= 0.6 is 35.2 Å². The van der Waals surface area contributed by atoms with Gasteiger partial charge < -0.3 is 50.9 Å². The summed E-state index contributed by atoms with van der Waals surface area (Å²) >= 11 is 0.702. The molecule has 1 saturated heterocycles. The Labute approximate surface area is 297 Å². The van der Waals surface area contributed by atoms with Gasteiger partial charge in [0.15, 0.2) is 24.0 Å². The average Bonchev–Trinajstić information content (AvgIpc) is 3.60. The summed E-state index contributed by atoms with van der Waals surface area (Å²) in [5.74, 6) is -1.43. The van der Waals surface area contributed by atoms with Crippen LogP contribution < -0.4 is 16.4 Å². The largest absolute Gasteiger partial charge is 0.481 e. The molecule has 1 aliphatic rings. The minimum atomic E-state index is -5.57. The molecule has 1 fully saturated rings. The van der Waals surface area contributed by atoms with E-state index in [1.807, 2.05) is 0 Å². The lowest BCUT2D eigenvalue weighted by atomic mass is 9.87. The second-order valence-electron chi connectivity index (χ2n) is 11.4. The first-order valence-electron chi connectivity index (χ1n) is 14.6. The number of aliphatic hydroxyl groups excluding tert-OH is 2. The van der Waals surface area contributed by atoms with E-state index in [4.69, 9.17) is 19.5 Å². The van der Waals surface area contributed by atoms with E-state index in [2.05, 4.69) is 34.4 Å². The molecule has 52 heavy (non-hydrogen) atoms. The molecule has 3 heterocycles. The summed E-state index contributed by atoms with van der Waals surface area (Å²) in [6.45, 7) is 0.229. The van der Waals surface area contributed by atoms with E-state index in [0.717, 1.165) is 17.2 Å². The summed E-state index contributed by atoms with van der Waals surface area (Å²) in [6.07, 6.45) is -6.90. The fourth-order valence-corrected chi connectivity index (χ4v) is 7.62. The number of nitrogens with one attached hydrogen (secondary N) is 2. The highest BCUT2D eigenvalue weighted by Gasteiger charge is 2.50. The van der Waals surface area contributed by atoms with E-state index < -0.39 is 89.7 Å². The third-order valence-corrected chi connectivity index (χ3v) is 10.7. The molecule has 1 aliphatic heterocycles. The Morgan fingerprint density at radius 2 is 1.77 bits per heavy atom. The minimum absolute atomic E-state index is 0.0231. The van der Waals surface area contributed by atoms with E-state index in [9.17, 15) is 62.7 Å². The zero-order valence-corrected chi connectivity index (χ0v) is 30.6. The topological polar surface area (TPSA) is 381 Å². The number of nitrogens with zero attached hydrogens (tertiary/aromatic N) is 4. The van der Waals surface area contributed by atoms with Gasteiger partial charge in [0.05, 0.1) is 19.5 Å². The van der Waals surface area contributed by atoms with E-state index in [0.29, 0.717) is 11.8 Å². The maximum Gasteiger partial charge on any atom is 0.481 e. The number of aliphatic hydroxyl groups is 2. The van der Waals surface area contributed by atoms with Crippen molar-refractivity contribution >= 4 is 75.4 Å². The Hall–Kier alpha value is -2.77. The van der Waals surface area contributed by atoms with Crippen LogP contribution in [0.15, 0.2) is 12.7 Å². The van der Waals surface area contributed by atoms with Crippen molar-refractivity contribution in [1.29, 1.82) is 0 Å². The summed E-state index contributed by atoms with van der Waals surface area (Å²) in [4.78, 5) is 96.2. The summed E-state index contributed by atoms with van der Waals surface area (Å²) in [5.41, 5.74) is 4.21. The average molecular weight is 824 g/mol. The lowest BCUT2D eigenvalue weighted by Gasteiger charge is -2.30.